The van der Waals surface area contributed by atoms with Crippen LogP contribution in [-0.2, 0) is 5.75 Å². The van der Waals surface area contributed by atoms with Crippen molar-refractivity contribution in [2.75, 3.05) is 39.3 Å². The van der Waals surface area contributed by atoms with Gasteiger partial charge in [-0.25, -0.2) is 0 Å². The monoisotopic (exact) mass is 381 g/mol. The van der Waals surface area contributed by atoms with Gasteiger partial charge in [0.25, 0.3) is 5.91 Å². The van der Waals surface area contributed by atoms with Crippen LogP contribution >= 0.6 is 11.8 Å². The van der Waals surface area contributed by atoms with Crippen LogP contribution in [0.1, 0.15) is 22.3 Å². The van der Waals surface area contributed by atoms with Gasteiger partial charge in [-0.2, -0.15) is 0 Å². The lowest BCUT2D eigenvalue weighted by Crippen LogP contribution is -2.49. The molecule has 0 saturated carbocycles. The molecule has 5 heteroatoms. The summed E-state index contributed by atoms with van der Waals surface area (Å²) < 4.78 is 0. The highest BCUT2D eigenvalue weighted by Crippen LogP contribution is 2.24. The Balaban J connectivity index is 1.31. The van der Waals surface area contributed by atoms with Crippen LogP contribution in [0.15, 0.2) is 59.5 Å². The van der Waals surface area contributed by atoms with Crippen molar-refractivity contribution >= 4 is 17.7 Å². The third-order valence-electron chi connectivity index (χ3n) is 5.47. The lowest BCUT2D eigenvalue weighted by molar-refractivity contribution is 0.0773. The van der Waals surface area contributed by atoms with Crippen molar-refractivity contribution in [1.29, 1.82) is 0 Å². The molecule has 0 bridgehead atoms. The van der Waals surface area contributed by atoms with E-state index in [1.165, 1.54) is 10.5 Å². The summed E-state index contributed by atoms with van der Waals surface area (Å²) in [5.41, 5.74) is 2.12. The molecular formula is C22H27N3OS. The fourth-order valence-corrected chi connectivity index (χ4v) is 4.74. The fourth-order valence-electron chi connectivity index (χ4n) is 3.89. The predicted octanol–water partition coefficient (Wildman–Crippen LogP) is 3.10. The molecule has 1 unspecified atom stereocenters. The molecule has 2 fully saturated rings. The highest BCUT2D eigenvalue weighted by atomic mass is 32.2. The van der Waals surface area contributed by atoms with Gasteiger partial charge in [0.1, 0.15) is 0 Å². The molecule has 2 aromatic rings. The molecule has 4 nitrogen and oxygen atoms in total. The van der Waals surface area contributed by atoms with Crippen LogP contribution in [0.25, 0.3) is 0 Å². The van der Waals surface area contributed by atoms with Crippen molar-refractivity contribution in [2.24, 2.45) is 0 Å². The van der Waals surface area contributed by atoms with Crippen LogP contribution in [0.2, 0.25) is 0 Å². The summed E-state index contributed by atoms with van der Waals surface area (Å²) in [6, 6.07) is 19.1. The molecule has 2 heterocycles. The van der Waals surface area contributed by atoms with Crippen LogP contribution in [0, 0.1) is 0 Å². The highest BCUT2D eigenvalue weighted by Gasteiger charge is 2.31. The van der Waals surface area contributed by atoms with Crippen LogP contribution < -0.4 is 5.32 Å². The first-order chi connectivity index (χ1) is 13.3. The van der Waals surface area contributed by atoms with E-state index in [0.29, 0.717) is 6.04 Å². The van der Waals surface area contributed by atoms with E-state index >= 15 is 0 Å². The summed E-state index contributed by atoms with van der Waals surface area (Å²) in [7, 11) is 0. The number of hydrogen-bond donors (Lipinski definition) is 1. The first-order valence-corrected chi connectivity index (χ1v) is 10.8. The number of benzene rings is 2. The van der Waals surface area contributed by atoms with Crippen molar-refractivity contribution in [2.45, 2.75) is 23.1 Å². The number of nitrogens with zero attached hydrogens (tertiary/aromatic N) is 2. The summed E-state index contributed by atoms with van der Waals surface area (Å²) in [6.07, 6.45) is 1.09. The number of carbonyl (C=O) groups is 1. The third-order valence-corrected chi connectivity index (χ3v) is 6.55. The lowest BCUT2D eigenvalue weighted by atomic mass is 10.2. The predicted molar refractivity (Wildman–Crippen MR) is 111 cm³/mol. The largest absolute Gasteiger partial charge is 0.337 e. The second-order valence-electron chi connectivity index (χ2n) is 7.28. The van der Waals surface area contributed by atoms with Crippen molar-refractivity contribution in [1.82, 2.24) is 15.1 Å². The summed E-state index contributed by atoms with van der Waals surface area (Å²) >= 11 is 1.81. The van der Waals surface area contributed by atoms with E-state index < -0.39 is 0 Å². The standard InChI is InChI=1S/C22H27N3OS/c26-22(25-13-10-20(16-25)24-14-11-23-12-15-24)19-6-8-21(9-7-19)27-17-18-4-2-1-3-5-18/h1-9,20,23H,10-17H2. The molecule has 0 aromatic heterocycles. The van der Waals surface area contributed by atoms with Gasteiger partial charge in [0.15, 0.2) is 0 Å². The van der Waals surface area contributed by atoms with Gasteiger partial charge >= 0.3 is 0 Å². The number of nitrogens with one attached hydrogen (secondary N) is 1. The number of thioether (sulfide) groups is 1. The van der Waals surface area contributed by atoms with Crippen LogP contribution in [0.5, 0.6) is 0 Å². The van der Waals surface area contributed by atoms with Crippen LogP contribution in [-0.4, -0.2) is 61.0 Å². The molecule has 4 rings (SSSR count). The minimum absolute atomic E-state index is 0.173. The molecule has 0 radical (unpaired) electrons. The number of piperazine rings is 1. The summed E-state index contributed by atoms with van der Waals surface area (Å²) in [5, 5.41) is 3.40. The molecule has 1 N–H and O–H groups in total. The topological polar surface area (TPSA) is 35.6 Å². The van der Waals surface area contributed by atoms with Crippen LogP contribution in [0.4, 0.5) is 0 Å². The van der Waals surface area contributed by atoms with Crippen molar-refractivity contribution in [3.63, 3.8) is 0 Å². The molecule has 2 saturated heterocycles. The Morgan fingerprint density at radius 2 is 1.74 bits per heavy atom. The maximum absolute atomic E-state index is 12.9. The zero-order valence-corrected chi connectivity index (χ0v) is 16.5. The summed E-state index contributed by atoms with van der Waals surface area (Å²) in [5.74, 6) is 1.12. The molecule has 0 aliphatic carbocycles. The smallest absolute Gasteiger partial charge is 0.253 e. The quantitative estimate of drug-likeness (QED) is 0.808. The molecule has 1 amide bonds. The summed E-state index contributed by atoms with van der Waals surface area (Å²) in [4.78, 5) is 18.6. The Bertz CT molecular complexity index is 744. The minimum atomic E-state index is 0.173. The number of carbonyl (C=O) groups excluding carboxylic acids is 1. The van der Waals surface area contributed by atoms with E-state index in [9.17, 15) is 4.79 Å². The Morgan fingerprint density at radius 3 is 2.48 bits per heavy atom. The molecule has 0 spiro atoms. The van der Waals surface area contributed by atoms with Crippen molar-refractivity contribution in [3.8, 4) is 0 Å². The second-order valence-corrected chi connectivity index (χ2v) is 8.33. The Morgan fingerprint density at radius 1 is 1.00 bits per heavy atom. The molecular weight excluding hydrogens is 354 g/mol. The third kappa shape index (κ3) is 4.72. The molecule has 27 heavy (non-hydrogen) atoms. The van der Waals surface area contributed by atoms with Gasteiger partial charge in [-0.3, -0.25) is 9.69 Å². The normalized spacial score (nSPS) is 20.7. The van der Waals surface area contributed by atoms with Crippen molar-refractivity contribution in [3.05, 3.63) is 65.7 Å². The molecule has 142 valence electrons. The molecule has 2 aliphatic heterocycles. The first kappa shape index (κ1) is 18.5. The average Bonchev–Trinajstić information content (AvgIpc) is 3.24. The minimum Gasteiger partial charge on any atom is -0.337 e. The highest BCUT2D eigenvalue weighted by molar-refractivity contribution is 7.98. The number of amides is 1. The van der Waals surface area contributed by atoms with Gasteiger partial charge < -0.3 is 10.2 Å². The Labute approximate surface area is 165 Å². The van der Waals surface area contributed by atoms with Gasteiger partial charge in [-0.15, -0.1) is 11.8 Å². The van der Waals surface area contributed by atoms with E-state index in [1.807, 2.05) is 34.9 Å². The average molecular weight is 382 g/mol. The maximum Gasteiger partial charge on any atom is 0.253 e. The van der Waals surface area contributed by atoms with Gasteiger partial charge in [0.2, 0.25) is 0 Å². The Kier molecular flexibility index (Phi) is 6.12. The summed E-state index contributed by atoms with van der Waals surface area (Å²) in [6.45, 7) is 6.06. The first-order valence-electron chi connectivity index (χ1n) is 9.80. The van der Waals surface area contributed by atoms with Crippen molar-refractivity contribution < 1.29 is 4.79 Å². The maximum atomic E-state index is 12.9. The number of likely N-dealkylation sites (tertiary alicyclic amines) is 1. The van der Waals surface area contributed by atoms with Gasteiger partial charge in [-0.1, -0.05) is 30.3 Å². The second kappa shape index (κ2) is 8.91. The van der Waals surface area contributed by atoms with Gasteiger partial charge in [-0.05, 0) is 36.2 Å². The van der Waals surface area contributed by atoms with Crippen LogP contribution in [0.3, 0.4) is 0 Å². The SMILES string of the molecule is O=C(c1ccc(SCc2ccccc2)cc1)N1CCC(N2CCNCC2)C1. The zero-order valence-electron chi connectivity index (χ0n) is 15.6. The fraction of sp³-hybridized carbons (Fsp3) is 0.409. The van der Waals surface area contributed by atoms with Gasteiger partial charge in [0.05, 0.1) is 0 Å². The number of hydrogen-bond acceptors (Lipinski definition) is 4. The molecule has 2 aromatic carbocycles. The van der Waals surface area contributed by atoms with E-state index in [0.717, 1.165) is 57.0 Å². The van der Waals surface area contributed by atoms with Gasteiger partial charge in [0, 0.05) is 61.5 Å². The number of rotatable bonds is 5. The van der Waals surface area contributed by atoms with E-state index in [4.69, 9.17) is 0 Å². The zero-order chi connectivity index (χ0) is 18.5. The lowest BCUT2D eigenvalue weighted by Gasteiger charge is -2.32. The Hall–Kier alpha value is -1.82. The molecule has 1 atom stereocenters. The molecule has 2 aliphatic rings. The van der Waals surface area contributed by atoms with E-state index in [2.05, 4.69) is 46.6 Å². The van der Waals surface area contributed by atoms with E-state index in [-0.39, 0.29) is 5.91 Å². The van der Waals surface area contributed by atoms with E-state index in [1.54, 1.807) is 0 Å².